The molecule has 0 bridgehead atoms. The zero-order chi connectivity index (χ0) is 15.8. The van der Waals surface area contributed by atoms with Crippen molar-refractivity contribution in [3.8, 4) is 11.8 Å². The lowest BCUT2D eigenvalue weighted by atomic mass is 10.2. The lowest BCUT2D eigenvalue weighted by Gasteiger charge is -2.06. The Kier molecular flexibility index (Phi) is 5.10. The highest BCUT2D eigenvalue weighted by Gasteiger charge is 2.09. The number of rotatable bonds is 5. The maximum atomic E-state index is 12.0. The van der Waals surface area contributed by atoms with Crippen LogP contribution in [-0.2, 0) is 4.79 Å². The minimum Gasteiger partial charge on any atom is -0.497 e. The molecule has 1 aromatic carbocycles. The summed E-state index contributed by atoms with van der Waals surface area (Å²) in [6.07, 6.45) is 4.57. The van der Waals surface area contributed by atoms with Gasteiger partial charge in [-0.15, -0.1) is 0 Å². The zero-order valence-corrected chi connectivity index (χ0v) is 11.9. The standard InChI is InChI=1S/C16H14N4O2/c1-22-15-6-4-13(5-7-15)20-16(21)12(9-17)10-19-14-3-2-8-18-11-14/h2-8,10-11,19H,1H3,(H,20,21)/b12-10-. The molecule has 1 amide bonds. The van der Waals surface area contributed by atoms with E-state index in [1.54, 1.807) is 55.9 Å². The summed E-state index contributed by atoms with van der Waals surface area (Å²) in [6, 6.07) is 12.2. The normalized spacial score (nSPS) is 10.5. The molecular weight excluding hydrogens is 280 g/mol. The summed E-state index contributed by atoms with van der Waals surface area (Å²) in [5.74, 6) is 0.191. The Hall–Kier alpha value is -3.33. The van der Waals surface area contributed by atoms with Gasteiger partial charge in [-0.3, -0.25) is 9.78 Å². The number of hydrogen-bond acceptors (Lipinski definition) is 5. The van der Waals surface area contributed by atoms with Crippen molar-refractivity contribution in [2.75, 3.05) is 17.7 Å². The first kappa shape index (κ1) is 15.1. The quantitative estimate of drug-likeness (QED) is 0.653. The van der Waals surface area contributed by atoms with E-state index in [-0.39, 0.29) is 5.57 Å². The molecule has 0 fully saturated rings. The molecule has 0 saturated carbocycles. The molecule has 6 heteroatoms. The van der Waals surface area contributed by atoms with E-state index in [4.69, 9.17) is 10.00 Å². The van der Waals surface area contributed by atoms with Crippen LogP contribution >= 0.6 is 0 Å². The molecule has 6 nitrogen and oxygen atoms in total. The molecule has 22 heavy (non-hydrogen) atoms. The molecule has 0 unspecified atom stereocenters. The Bertz CT molecular complexity index is 703. The second kappa shape index (κ2) is 7.45. The third-order valence-electron chi connectivity index (χ3n) is 2.76. The van der Waals surface area contributed by atoms with Crippen LogP contribution in [0.1, 0.15) is 0 Å². The first-order valence-electron chi connectivity index (χ1n) is 6.45. The van der Waals surface area contributed by atoms with Crippen LogP contribution < -0.4 is 15.4 Å². The number of benzene rings is 1. The second-order valence-corrected chi connectivity index (χ2v) is 4.24. The van der Waals surface area contributed by atoms with Crippen molar-refractivity contribution in [2.24, 2.45) is 0 Å². The fraction of sp³-hybridized carbons (Fsp3) is 0.0625. The average Bonchev–Trinajstić information content (AvgIpc) is 2.57. The van der Waals surface area contributed by atoms with Gasteiger partial charge in [0.2, 0.25) is 0 Å². The van der Waals surface area contributed by atoms with E-state index in [0.29, 0.717) is 17.1 Å². The molecule has 1 heterocycles. The number of hydrogen-bond donors (Lipinski definition) is 2. The van der Waals surface area contributed by atoms with Crippen molar-refractivity contribution < 1.29 is 9.53 Å². The van der Waals surface area contributed by atoms with E-state index in [2.05, 4.69) is 15.6 Å². The number of pyridine rings is 1. The number of amides is 1. The smallest absolute Gasteiger partial charge is 0.267 e. The molecule has 0 radical (unpaired) electrons. The van der Waals surface area contributed by atoms with Crippen molar-refractivity contribution in [1.29, 1.82) is 5.26 Å². The Morgan fingerprint density at radius 3 is 2.64 bits per heavy atom. The molecule has 0 aliphatic rings. The van der Waals surface area contributed by atoms with Gasteiger partial charge in [-0.2, -0.15) is 5.26 Å². The summed E-state index contributed by atoms with van der Waals surface area (Å²) in [7, 11) is 1.56. The van der Waals surface area contributed by atoms with Crippen LogP contribution in [0.5, 0.6) is 5.75 Å². The fourth-order valence-electron chi connectivity index (χ4n) is 1.63. The summed E-state index contributed by atoms with van der Waals surface area (Å²) >= 11 is 0. The van der Waals surface area contributed by atoms with Gasteiger partial charge in [0.25, 0.3) is 5.91 Å². The van der Waals surface area contributed by atoms with Gasteiger partial charge in [0, 0.05) is 18.1 Å². The fourth-order valence-corrected chi connectivity index (χ4v) is 1.63. The topological polar surface area (TPSA) is 87.0 Å². The monoisotopic (exact) mass is 294 g/mol. The second-order valence-electron chi connectivity index (χ2n) is 4.24. The van der Waals surface area contributed by atoms with E-state index in [9.17, 15) is 4.79 Å². The van der Waals surface area contributed by atoms with Crippen molar-refractivity contribution in [1.82, 2.24) is 4.98 Å². The number of anilines is 2. The van der Waals surface area contributed by atoms with E-state index >= 15 is 0 Å². The number of carbonyl (C=O) groups excluding carboxylic acids is 1. The minimum absolute atomic E-state index is 0.0420. The highest BCUT2D eigenvalue weighted by Crippen LogP contribution is 2.15. The van der Waals surface area contributed by atoms with Crippen LogP contribution in [0.4, 0.5) is 11.4 Å². The number of aromatic nitrogens is 1. The van der Waals surface area contributed by atoms with Crippen LogP contribution in [0.25, 0.3) is 0 Å². The molecule has 0 saturated heterocycles. The number of methoxy groups -OCH3 is 1. The Morgan fingerprint density at radius 2 is 2.05 bits per heavy atom. The number of carbonyl (C=O) groups is 1. The van der Waals surface area contributed by atoms with Crippen molar-refractivity contribution in [3.63, 3.8) is 0 Å². The van der Waals surface area contributed by atoms with Crippen LogP contribution in [0.15, 0.2) is 60.6 Å². The van der Waals surface area contributed by atoms with Gasteiger partial charge in [0.15, 0.2) is 0 Å². The van der Waals surface area contributed by atoms with Gasteiger partial charge < -0.3 is 15.4 Å². The average molecular weight is 294 g/mol. The predicted molar refractivity (Wildman–Crippen MR) is 83.2 cm³/mol. The van der Waals surface area contributed by atoms with Gasteiger partial charge in [0.1, 0.15) is 17.4 Å². The summed E-state index contributed by atoms with van der Waals surface area (Å²) in [6.45, 7) is 0. The number of ether oxygens (including phenoxy) is 1. The van der Waals surface area contributed by atoms with Crippen molar-refractivity contribution in [3.05, 3.63) is 60.6 Å². The van der Waals surface area contributed by atoms with E-state index in [1.165, 1.54) is 6.20 Å². The van der Waals surface area contributed by atoms with Crippen molar-refractivity contribution >= 4 is 17.3 Å². The van der Waals surface area contributed by atoms with E-state index < -0.39 is 5.91 Å². The summed E-state index contributed by atoms with van der Waals surface area (Å²) < 4.78 is 5.04. The lowest BCUT2D eigenvalue weighted by molar-refractivity contribution is -0.112. The highest BCUT2D eigenvalue weighted by molar-refractivity contribution is 6.06. The first-order valence-corrected chi connectivity index (χ1v) is 6.45. The van der Waals surface area contributed by atoms with Crippen LogP contribution in [0, 0.1) is 11.3 Å². The van der Waals surface area contributed by atoms with Gasteiger partial charge in [-0.05, 0) is 36.4 Å². The molecule has 0 atom stereocenters. The van der Waals surface area contributed by atoms with Gasteiger partial charge in [0.05, 0.1) is 19.0 Å². The summed E-state index contributed by atoms with van der Waals surface area (Å²) in [5, 5.41) is 14.6. The number of nitrogens with zero attached hydrogens (tertiary/aromatic N) is 2. The number of nitrogens with one attached hydrogen (secondary N) is 2. The van der Waals surface area contributed by atoms with Crippen LogP contribution in [0.3, 0.4) is 0 Å². The molecule has 2 rings (SSSR count). The molecule has 110 valence electrons. The summed E-state index contributed by atoms with van der Waals surface area (Å²) in [4.78, 5) is 16.0. The molecule has 1 aromatic heterocycles. The predicted octanol–water partition coefficient (Wildman–Crippen LogP) is 2.55. The highest BCUT2D eigenvalue weighted by atomic mass is 16.5. The van der Waals surface area contributed by atoms with E-state index in [0.717, 1.165) is 0 Å². The molecule has 0 spiro atoms. The van der Waals surface area contributed by atoms with Crippen LogP contribution in [0.2, 0.25) is 0 Å². The van der Waals surface area contributed by atoms with Crippen LogP contribution in [-0.4, -0.2) is 18.0 Å². The maximum Gasteiger partial charge on any atom is 0.267 e. The molecular formula is C16H14N4O2. The van der Waals surface area contributed by atoms with Gasteiger partial charge >= 0.3 is 0 Å². The lowest BCUT2D eigenvalue weighted by Crippen LogP contribution is -2.14. The van der Waals surface area contributed by atoms with E-state index in [1.807, 2.05) is 6.07 Å². The molecule has 2 aromatic rings. The Labute approximate surface area is 128 Å². The SMILES string of the molecule is COc1ccc(NC(=O)/C(C#N)=C\Nc2cccnc2)cc1. The summed E-state index contributed by atoms with van der Waals surface area (Å²) in [5.41, 5.74) is 1.22. The maximum absolute atomic E-state index is 12.0. The van der Waals surface area contributed by atoms with Gasteiger partial charge in [-0.1, -0.05) is 0 Å². The molecule has 2 N–H and O–H groups in total. The molecule has 0 aliphatic heterocycles. The van der Waals surface area contributed by atoms with Crippen molar-refractivity contribution in [2.45, 2.75) is 0 Å². The number of nitriles is 1. The zero-order valence-electron chi connectivity index (χ0n) is 11.9. The Morgan fingerprint density at radius 1 is 1.27 bits per heavy atom. The molecule has 0 aliphatic carbocycles. The third kappa shape index (κ3) is 4.08. The van der Waals surface area contributed by atoms with Gasteiger partial charge in [-0.25, -0.2) is 0 Å². The minimum atomic E-state index is -0.496. The third-order valence-corrected chi connectivity index (χ3v) is 2.76. The largest absolute Gasteiger partial charge is 0.497 e. The first-order chi connectivity index (χ1) is 10.7. The Balaban J connectivity index is 2.03.